The Kier molecular flexibility index (Phi) is 3.14. The van der Waals surface area contributed by atoms with E-state index in [1.165, 1.54) is 11.1 Å². The Morgan fingerprint density at radius 1 is 1.23 bits per heavy atom. The Bertz CT molecular complexity index is 834. The van der Waals surface area contributed by atoms with Crippen LogP contribution in [0.15, 0.2) is 17.5 Å². The van der Waals surface area contributed by atoms with Gasteiger partial charge >= 0.3 is 0 Å². The molecule has 1 fully saturated rings. The predicted molar refractivity (Wildman–Crippen MR) is 89.7 cm³/mol. The van der Waals surface area contributed by atoms with Crippen LogP contribution >= 0.6 is 11.3 Å². The second-order valence-electron chi connectivity index (χ2n) is 5.99. The zero-order valence-electron chi connectivity index (χ0n) is 13.1. The topological polar surface area (TPSA) is 46.8 Å². The van der Waals surface area contributed by atoms with E-state index in [0.717, 1.165) is 41.7 Å². The summed E-state index contributed by atoms with van der Waals surface area (Å²) in [6.07, 6.45) is 1.11. The van der Waals surface area contributed by atoms with Crippen molar-refractivity contribution < 1.29 is 0 Å². The van der Waals surface area contributed by atoms with Gasteiger partial charge in [0.1, 0.15) is 16.5 Å². The Labute approximate surface area is 133 Å². The maximum atomic E-state index is 4.70. The first-order valence-corrected chi connectivity index (χ1v) is 8.49. The maximum Gasteiger partial charge on any atom is 0.141 e. The number of aromatic nitrogens is 4. The first-order valence-electron chi connectivity index (χ1n) is 7.61. The van der Waals surface area contributed by atoms with Gasteiger partial charge in [-0.3, -0.25) is 4.68 Å². The van der Waals surface area contributed by atoms with Gasteiger partial charge < -0.3 is 4.90 Å². The van der Waals surface area contributed by atoms with Crippen molar-refractivity contribution in [3.63, 3.8) is 0 Å². The van der Waals surface area contributed by atoms with Crippen LogP contribution in [-0.2, 0) is 0 Å². The third-order valence-corrected chi connectivity index (χ3v) is 5.08. The van der Waals surface area contributed by atoms with Gasteiger partial charge in [0.25, 0.3) is 0 Å². The molecule has 3 aromatic rings. The number of hydrogen-bond acceptors (Lipinski definition) is 5. The van der Waals surface area contributed by atoms with Crippen LogP contribution in [-0.4, -0.2) is 32.8 Å². The fourth-order valence-corrected chi connectivity index (χ4v) is 4.14. The fraction of sp³-hybridized carbons (Fsp3) is 0.438. The van der Waals surface area contributed by atoms with Crippen LogP contribution in [0.1, 0.15) is 29.7 Å². The summed E-state index contributed by atoms with van der Waals surface area (Å²) in [6, 6.07) is 4.71. The molecule has 0 amide bonds. The van der Waals surface area contributed by atoms with Gasteiger partial charge in [-0.25, -0.2) is 9.97 Å². The average Bonchev–Trinajstić information content (AvgIpc) is 3.17. The number of hydrogen-bond donors (Lipinski definition) is 0. The first kappa shape index (κ1) is 13.7. The van der Waals surface area contributed by atoms with Gasteiger partial charge in [0.2, 0.25) is 0 Å². The lowest BCUT2D eigenvalue weighted by atomic mass is 10.2. The Morgan fingerprint density at radius 2 is 2.09 bits per heavy atom. The molecule has 0 N–H and O–H groups in total. The van der Waals surface area contributed by atoms with Crippen LogP contribution in [0.2, 0.25) is 0 Å². The van der Waals surface area contributed by atoms with E-state index in [2.05, 4.69) is 51.0 Å². The van der Waals surface area contributed by atoms with Crippen LogP contribution < -0.4 is 4.90 Å². The monoisotopic (exact) mass is 313 g/mol. The quantitative estimate of drug-likeness (QED) is 0.728. The SMILES string of the molecule is Cc1cc(C)n([C@H]2CCN(c3nc(C)nc4sccc34)C2)n1. The molecule has 114 valence electrons. The minimum atomic E-state index is 0.428. The minimum absolute atomic E-state index is 0.428. The van der Waals surface area contributed by atoms with E-state index in [1.807, 2.05) is 6.92 Å². The number of aryl methyl sites for hydroxylation is 3. The molecule has 22 heavy (non-hydrogen) atoms. The standard InChI is InChI=1S/C16H19N5S/c1-10-8-11(2)21(19-10)13-4-6-20(9-13)15-14-5-7-22-16(14)18-12(3)17-15/h5,7-8,13H,4,6,9H2,1-3H3/t13-/m0/s1. The van der Waals surface area contributed by atoms with Crippen molar-refractivity contribution >= 4 is 27.4 Å². The van der Waals surface area contributed by atoms with E-state index < -0.39 is 0 Å². The third kappa shape index (κ3) is 2.18. The van der Waals surface area contributed by atoms with Crippen LogP contribution in [0.3, 0.4) is 0 Å². The number of nitrogens with zero attached hydrogens (tertiary/aromatic N) is 5. The van der Waals surface area contributed by atoms with E-state index in [1.54, 1.807) is 11.3 Å². The van der Waals surface area contributed by atoms with E-state index >= 15 is 0 Å². The number of fused-ring (bicyclic) bond motifs is 1. The summed E-state index contributed by atoms with van der Waals surface area (Å²) in [5.74, 6) is 1.92. The average molecular weight is 313 g/mol. The van der Waals surface area contributed by atoms with Crippen LogP contribution in [0.25, 0.3) is 10.2 Å². The summed E-state index contributed by atoms with van der Waals surface area (Å²) in [5.41, 5.74) is 2.33. The molecule has 6 heteroatoms. The summed E-state index contributed by atoms with van der Waals surface area (Å²) in [5, 5.41) is 7.91. The van der Waals surface area contributed by atoms with E-state index in [-0.39, 0.29) is 0 Å². The van der Waals surface area contributed by atoms with Crippen LogP contribution in [0.5, 0.6) is 0 Å². The first-order chi connectivity index (χ1) is 10.6. The van der Waals surface area contributed by atoms with Crippen molar-refractivity contribution in [1.29, 1.82) is 0 Å². The second-order valence-corrected chi connectivity index (χ2v) is 6.89. The molecule has 0 bridgehead atoms. The van der Waals surface area contributed by atoms with E-state index in [9.17, 15) is 0 Å². The minimum Gasteiger partial charge on any atom is -0.354 e. The molecule has 0 aromatic carbocycles. The fourth-order valence-electron chi connectivity index (χ4n) is 3.33. The normalized spacial score (nSPS) is 18.5. The summed E-state index contributed by atoms with van der Waals surface area (Å²) in [7, 11) is 0. The summed E-state index contributed by atoms with van der Waals surface area (Å²) in [6.45, 7) is 8.14. The molecule has 1 atom stereocenters. The molecule has 0 radical (unpaired) electrons. The number of anilines is 1. The lowest BCUT2D eigenvalue weighted by Crippen LogP contribution is -2.23. The Hall–Kier alpha value is -1.95. The molecule has 3 aromatic heterocycles. The lowest BCUT2D eigenvalue weighted by Gasteiger charge is -2.19. The van der Waals surface area contributed by atoms with Crippen molar-refractivity contribution in [2.75, 3.05) is 18.0 Å². The molecule has 4 heterocycles. The van der Waals surface area contributed by atoms with Gasteiger partial charge in [-0.15, -0.1) is 11.3 Å². The van der Waals surface area contributed by atoms with Crippen LogP contribution in [0.4, 0.5) is 5.82 Å². The number of rotatable bonds is 2. The molecular formula is C16H19N5S. The van der Waals surface area contributed by atoms with Crippen molar-refractivity contribution in [2.24, 2.45) is 0 Å². The third-order valence-electron chi connectivity index (χ3n) is 4.27. The highest BCUT2D eigenvalue weighted by Crippen LogP contribution is 2.32. The zero-order valence-corrected chi connectivity index (χ0v) is 13.9. The highest BCUT2D eigenvalue weighted by Gasteiger charge is 2.28. The van der Waals surface area contributed by atoms with Gasteiger partial charge in [0.05, 0.1) is 17.1 Å². The summed E-state index contributed by atoms with van der Waals surface area (Å²) < 4.78 is 2.17. The Balaban J connectivity index is 1.67. The van der Waals surface area contributed by atoms with Gasteiger partial charge in [-0.1, -0.05) is 0 Å². The van der Waals surface area contributed by atoms with Crippen molar-refractivity contribution in [1.82, 2.24) is 19.7 Å². The molecule has 1 saturated heterocycles. The highest BCUT2D eigenvalue weighted by molar-refractivity contribution is 7.16. The van der Waals surface area contributed by atoms with Gasteiger partial charge in [0.15, 0.2) is 0 Å². The lowest BCUT2D eigenvalue weighted by molar-refractivity contribution is 0.481. The molecule has 0 spiro atoms. The van der Waals surface area contributed by atoms with Crippen LogP contribution in [0, 0.1) is 20.8 Å². The molecule has 0 aliphatic carbocycles. The molecule has 1 aliphatic heterocycles. The molecule has 0 unspecified atom stereocenters. The van der Waals surface area contributed by atoms with Gasteiger partial charge in [-0.05, 0) is 44.7 Å². The Morgan fingerprint density at radius 3 is 2.86 bits per heavy atom. The van der Waals surface area contributed by atoms with E-state index in [4.69, 9.17) is 4.98 Å². The van der Waals surface area contributed by atoms with E-state index in [0.29, 0.717) is 6.04 Å². The van der Waals surface area contributed by atoms with Crippen molar-refractivity contribution in [2.45, 2.75) is 33.2 Å². The van der Waals surface area contributed by atoms with Gasteiger partial charge in [-0.2, -0.15) is 5.10 Å². The number of thiophene rings is 1. The molecule has 1 aliphatic rings. The van der Waals surface area contributed by atoms with Gasteiger partial charge in [0, 0.05) is 18.8 Å². The van der Waals surface area contributed by atoms with Crippen molar-refractivity contribution in [3.8, 4) is 0 Å². The molecule has 0 saturated carbocycles. The molecule has 5 nitrogen and oxygen atoms in total. The van der Waals surface area contributed by atoms with Crippen molar-refractivity contribution in [3.05, 3.63) is 34.7 Å². The predicted octanol–water partition coefficient (Wildman–Crippen LogP) is 3.26. The highest BCUT2D eigenvalue weighted by atomic mass is 32.1. The largest absolute Gasteiger partial charge is 0.354 e. The maximum absolute atomic E-state index is 4.70. The summed E-state index contributed by atoms with van der Waals surface area (Å²) >= 11 is 1.68. The smallest absolute Gasteiger partial charge is 0.141 e. The molecular weight excluding hydrogens is 294 g/mol. The molecule has 4 rings (SSSR count). The zero-order chi connectivity index (χ0) is 15.3. The summed E-state index contributed by atoms with van der Waals surface area (Å²) in [4.78, 5) is 12.7. The second kappa shape index (κ2) is 5.05.